The van der Waals surface area contributed by atoms with Crippen LogP contribution in [0.15, 0.2) is 48.5 Å². The molecule has 0 N–H and O–H groups in total. The molecular weight excluding hydrogens is 345 g/mol. The van der Waals surface area contributed by atoms with E-state index in [2.05, 4.69) is 0 Å². The predicted molar refractivity (Wildman–Crippen MR) is 101 cm³/mol. The Morgan fingerprint density at radius 3 is 2.67 bits per heavy atom. The van der Waals surface area contributed by atoms with Crippen LogP contribution < -0.4 is 4.74 Å². The molecule has 1 fully saturated rings. The summed E-state index contributed by atoms with van der Waals surface area (Å²) in [7, 11) is 1.41. The molecule has 1 heterocycles. The average Bonchev–Trinajstić information content (AvgIpc) is 2.72. The van der Waals surface area contributed by atoms with Crippen LogP contribution in [0.25, 0.3) is 0 Å². The summed E-state index contributed by atoms with van der Waals surface area (Å²) in [6.45, 7) is 0.864. The number of carbonyl (C=O) groups is 2. The molecule has 1 saturated heterocycles. The Morgan fingerprint density at radius 1 is 1.15 bits per heavy atom. The maximum absolute atomic E-state index is 14.2. The van der Waals surface area contributed by atoms with E-state index in [9.17, 15) is 14.0 Å². The number of amides is 1. The quantitative estimate of drug-likeness (QED) is 0.776. The van der Waals surface area contributed by atoms with Gasteiger partial charge in [0.2, 0.25) is 0 Å². The topological polar surface area (TPSA) is 46.6 Å². The molecule has 0 aromatic heterocycles. The van der Waals surface area contributed by atoms with Crippen LogP contribution in [0.3, 0.4) is 0 Å². The fourth-order valence-electron chi connectivity index (χ4n) is 3.58. The number of likely N-dealkylation sites (tertiary alicyclic amines) is 1. The van der Waals surface area contributed by atoms with Gasteiger partial charge >= 0.3 is 0 Å². The third-order valence-electron chi connectivity index (χ3n) is 5.08. The molecule has 4 nitrogen and oxygen atoms in total. The first-order valence-corrected chi connectivity index (χ1v) is 9.28. The second-order valence-electron chi connectivity index (χ2n) is 6.86. The Hall–Kier alpha value is -2.69. The van der Waals surface area contributed by atoms with E-state index in [0.717, 1.165) is 18.4 Å². The third kappa shape index (κ3) is 4.54. The molecule has 27 heavy (non-hydrogen) atoms. The highest BCUT2D eigenvalue weighted by Gasteiger charge is 2.31. The third-order valence-corrected chi connectivity index (χ3v) is 5.08. The van der Waals surface area contributed by atoms with Crippen molar-refractivity contribution in [3.8, 4) is 5.75 Å². The van der Waals surface area contributed by atoms with Crippen molar-refractivity contribution in [1.82, 2.24) is 4.90 Å². The van der Waals surface area contributed by atoms with Crippen LogP contribution in [0.4, 0.5) is 4.39 Å². The molecule has 0 spiro atoms. The number of hydrogen-bond donors (Lipinski definition) is 0. The highest BCUT2D eigenvalue weighted by atomic mass is 19.1. The molecule has 2 aromatic rings. The molecule has 0 aliphatic carbocycles. The van der Waals surface area contributed by atoms with E-state index in [1.807, 2.05) is 30.3 Å². The van der Waals surface area contributed by atoms with Crippen LogP contribution >= 0.6 is 0 Å². The van der Waals surface area contributed by atoms with Crippen molar-refractivity contribution in [2.45, 2.75) is 25.7 Å². The minimum Gasteiger partial charge on any atom is -0.496 e. The lowest BCUT2D eigenvalue weighted by Crippen LogP contribution is -2.42. The summed E-state index contributed by atoms with van der Waals surface area (Å²) in [6, 6.07) is 14.2. The zero-order valence-corrected chi connectivity index (χ0v) is 15.5. The van der Waals surface area contributed by atoms with Gasteiger partial charge < -0.3 is 9.64 Å². The molecule has 142 valence electrons. The van der Waals surface area contributed by atoms with Gasteiger partial charge in [0.25, 0.3) is 5.91 Å². The Bertz CT molecular complexity index is 806. The summed E-state index contributed by atoms with van der Waals surface area (Å²) < 4.78 is 19.4. The lowest BCUT2D eigenvalue weighted by atomic mass is 9.90. The first kappa shape index (κ1) is 19.1. The Balaban J connectivity index is 1.65. The first-order chi connectivity index (χ1) is 13.1. The molecule has 5 heteroatoms. The Labute approximate surface area is 158 Å². The van der Waals surface area contributed by atoms with Gasteiger partial charge in [-0.05, 0) is 37.0 Å². The van der Waals surface area contributed by atoms with Crippen LogP contribution in [-0.4, -0.2) is 36.8 Å². The Kier molecular flexibility index (Phi) is 6.22. The van der Waals surface area contributed by atoms with Crippen LogP contribution in [0, 0.1) is 11.7 Å². The standard InChI is InChI=1S/C22H24FNO3/c1-27-20-11-5-10-18(23)21(20)22(26)24-14-6-9-17(15-24)19(25)13-12-16-7-3-2-4-8-16/h2-5,7-8,10-11,17H,6,9,12-15H2,1H3/t17-/m0/s1. The fourth-order valence-corrected chi connectivity index (χ4v) is 3.58. The van der Waals surface area contributed by atoms with Crippen molar-refractivity contribution in [2.24, 2.45) is 5.92 Å². The molecule has 1 atom stereocenters. The van der Waals surface area contributed by atoms with Gasteiger partial charge in [-0.15, -0.1) is 0 Å². The van der Waals surface area contributed by atoms with Gasteiger partial charge in [0.15, 0.2) is 0 Å². The number of carbonyl (C=O) groups excluding carboxylic acids is 2. The molecule has 1 amide bonds. The van der Waals surface area contributed by atoms with Crippen LogP contribution in [-0.2, 0) is 11.2 Å². The SMILES string of the molecule is COc1cccc(F)c1C(=O)N1CCC[C@H](C(=O)CCc2ccccc2)C1. The van der Waals surface area contributed by atoms with Crippen LogP contribution in [0.2, 0.25) is 0 Å². The maximum Gasteiger partial charge on any atom is 0.260 e. The first-order valence-electron chi connectivity index (χ1n) is 9.28. The Morgan fingerprint density at radius 2 is 1.93 bits per heavy atom. The number of benzene rings is 2. The average molecular weight is 369 g/mol. The molecule has 0 bridgehead atoms. The number of ketones is 1. The molecule has 0 saturated carbocycles. The van der Waals surface area contributed by atoms with E-state index in [1.54, 1.807) is 11.0 Å². The molecule has 2 aromatic carbocycles. The zero-order valence-electron chi connectivity index (χ0n) is 15.5. The summed E-state index contributed by atoms with van der Waals surface area (Å²) in [5.74, 6) is -0.819. The number of methoxy groups -OCH3 is 1. The molecule has 1 aliphatic heterocycles. The van der Waals surface area contributed by atoms with Gasteiger partial charge in [-0.25, -0.2) is 4.39 Å². The highest BCUT2D eigenvalue weighted by Crippen LogP contribution is 2.26. The summed E-state index contributed by atoms with van der Waals surface area (Å²) in [5, 5.41) is 0. The van der Waals surface area contributed by atoms with Crippen LogP contribution in [0.1, 0.15) is 35.2 Å². The van der Waals surface area contributed by atoms with Gasteiger partial charge in [0.1, 0.15) is 22.9 Å². The van der Waals surface area contributed by atoms with E-state index in [1.165, 1.54) is 19.2 Å². The van der Waals surface area contributed by atoms with Crippen molar-refractivity contribution in [1.29, 1.82) is 0 Å². The maximum atomic E-state index is 14.2. The predicted octanol–water partition coefficient (Wildman–Crippen LogP) is 3.89. The fraction of sp³-hybridized carbons (Fsp3) is 0.364. The second kappa shape index (κ2) is 8.80. The number of piperidine rings is 1. The minimum atomic E-state index is -0.600. The summed E-state index contributed by atoms with van der Waals surface area (Å²) in [6.07, 6.45) is 2.67. The largest absolute Gasteiger partial charge is 0.496 e. The summed E-state index contributed by atoms with van der Waals surface area (Å²) >= 11 is 0. The lowest BCUT2D eigenvalue weighted by Gasteiger charge is -2.32. The summed E-state index contributed by atoms with van der Waals surface area (Å²) in [4.78, 5) is 27.1. The molecule has 0 radical (unpaired) electrons. The van der Waals surface area contributed by atoms with E-state index >= 15 is 0 Å². The van der Waals surface area contributed by atoms with Gasteiger partial charge in [0.05, 0.1) is 7.11 Å². The smallest absolute Gasteiger partial charge is 0.260 e. The van der Waals surface area contributed by atoms with Crippen molar-refractivity contribution >= 4 is 11.7 Å². The number of nitrogens with zero attached hydrogens (tertiary/aromatic N) is 1. The minimum absolute atomic E-state index is 0.0580. The lowest BCUT2D eigenvalue weighted by molar-refractivity contribution is -0.124. The van der Waals surface area contributed by atoms with Crippen molar-refractivity contribution in [3.63, 3.8) is 0 Å². The zero-order chi connectivity index (χ0) is 19.2. The second-order valence-corrected chi connectivity index (χ2v) is 6.86. The van der Waals surface area contributed by atoms with Gasteiger partial charge in [-0.3, -0.25) is 9.59 Å². The van der Waals surface area contributed by atoms with Crippen molar-refractivity contribution < 1.29 is 18.7 Å². The molecular formula is C22H24FNO3. The van der Waals surface area contributed by atoms with E-state index in [0.29, 0.717) is 25.9 Å². The van der Waals surface area contributed by atoms with Crippen molar-refractivity contribution in [2.75, 3.05) is 20.2 Å². The monoisotopic (exact) mass is 369 g/mol. The van der Waals surface area contributed by atoms with E-state index in [-0.39, 0.29) is 23.0 Å². The number of Topliss-reactive ketones (excluding diaryl/α,β-unsaturated/α-hetero) is 1. The van der Waals surface area contributed by atoms with Crippen LogP contribution in [0.5, 0.6) is 5.75 Å². The number of hydrogen-bond acceptors (Lipinski definition) is 3. The number of rotatable bonds is 6. The van der Waals surface area contributed by atoms with Crippen molar-refractivity contribution in [3.05, 3.63) is 65.5 Å². The highest BCUT2D eigenvalue weighted by molar-refractivity contribution is 5.97. The van der Waals surface area contributed by atoms with E-state index < -0.39 is 11.7 Å². The van der Waals surface area contributed by atoms with Gasteiger partial charge in [0, 0.05) is 25.4 Å². The molecule has 0 unspecified atom stereocenters. The number of ether oxygens (including phenoxy) is 1. The number of aryl methyl sites for hydroxylation is 1. The molecule has 1 aliphatic rings. The van der Waals surface area contributed by atoms with Gasteiger partial charge in [-0.1, -0.05) is 36.4 Å². The number of halogens is 1. The van der Waals surface area contributed by atoms with E-state index in [4.69, 9.17) is 4.74 Å². The summed E-state index contributed by atoms with van der Waals surface area (Å²) in [5.41, 5.74) is 1.07. The normalized spacial score (nSPS) is 16.8. The molecule has 3 rings (SSSR count). The van der Waals surface area contributed by atoms with Gasteiger partial charge in [-0.2, -0.15) is 0 Å².